The largest absolute Gasteiger partial charge is 0.465 e. The van der Waals surface area contributed by atoms with Crippen molar-refractivity contribution in [2.45, 2.75) is 95.2 Å². The number of ketones is 1. The summed E-state index contributed by atoms with van der Waals surface area (Å²) in [5.41, 5.74) is 0. The zero-order valence-electron chi connectivity index (χ0n) is 21.5. The second-order valence-electron chi connectivity index (χ2n) is 8.55. The summed E-state index contributed by atoms with van der Waals surface area (Å²) in [6, 6.07) is 1.13. The lowest BCUT2D eigenvalue weighted by molar-refractivity contribution is -0.146. The summed E-state index contributed by atoms with van der Waals surface area (Å²) < 4.78 is 5.06. The zero-order chi connectivity index (χ0) is 24.8. The van der Waals surface area contributed by atoms with Crippen LogP contribution >= 0.6 is 43.2 Å². The minimum atomic E-state index is -0.105. The quantitative estimate of drug-likeness (QED) is 0.0968. The Morgan fingerprint density at radius 1 is 0.676 bits per heavy atom. The maximum atomic E-state index is 11.3. The molecule has 0 saturated heterocycles. The van der Waals surface area contributed by atoms with E-state index in [-0.39, 0.29) is 32.7 Å². The molecular weight excluding hydrogens is 505 g/mol. The average Bonchev–Trinajstić information content (AvgIpc) is 2.71. The van der Waals surface area contributed by atoms with Gasteiger partial charge in [-0.3, -0.25) is 9.59 Å². The highest BCUT2D eigenvalue weighted by Crippen LogP contribution is 2.22. The van der Waals surface area contributed by atoms with Crippen LogP contribution in [0.3, 0.4) is 0 Å². The fraction of sp³-hybridized carbons (Fsp3) is 0.920. The summed E-state index contributed by atoms with van der Waals surface area (Å²) in [6.45, 7) is 18.9. The van der Waals surface area contributed by atoms with Gasteiger partial charge in [0.05, 0.1) is 5.92 Å². The van der Waals surface area contributed by atoms with Gasteiger partial charge in [-0.05, 0) is 6.42 Å². The Labute approximate surface area is 228 Å². The SMILES string of the molecule is C.C.CC(C)NCCSSCCCC(=O)C(C)C.CC(C)NCCSSCCOC(=O)C(C)C. The number of ether oxygens (including phenoxy) is 1. The molecule has 0 atom stereocenters. The maximum Gasteiger partial charge on any atom is 0.308 e. The molecule has 0 heterocycles. The van der Waals surface area contributed by atoms with Gasteiger partial charge in [0, 0.05) is 60.5 Å². The molecule has 0 amide bonds. The molecule has 5 nitrogen and oxygen atoms in total. The number of esters is 1. The van der Waals surface area contributed by atoms with Gasteiger partial charge in [0.2, 0.25) is 0 Å². The van der Waals surface area contributed by atoms with Crippen molar-refractivity contribution >= 4 is 54.9 Å². The Bertz CT molecular complexity index is 412. The van der Waals surface area contributed by atoms with Crippen molar-refractivity contribution < 1.29 is 14.3 Å². The van der Waals surface area contributed by atoms with Crippen LogP contribution in [0.2, 0.25) is 0 Å². The molecule has 0 unspecified atom stereocenters. The Kier molecular flexibility index (Phi) is 36.3. The smallest absolute Gasteiger partial charge is 0.308 e. The Hall–Kier alpha value is 0.460. The normalized spacial score (nSPS) is 10.6. The number of rotatable bonds is 19. The maximum absolute atomic E-state index is 11.3. The Balaban J connectivity index is -0.000000250. The molecule has 0 spiro atoms. The third-order valence-electron chi connectivity index (χ3n) is 3.82. The molecule has 0 aromatic rings. The van der Waals surface area contributed by atoms with Gasteiger partial charge in [-0.15, -0.1) is 0 Å². The van der Waals surface area contributed by atoms with Crippen LogP contribution in [0.5, 0.6) is 0 Å². The fourth-order valence-corrected chi connectivity index (χ4v) is 5.71. The summed E-state index contributed by atoms with van der Waals surface area (Å²) in [5.74, 6) is 4.65. The highest BCUT2D eigenvalue weighted by molar-refractivity contribution is 8.77. The van der Waals surface area contributed by atoms with E-state index < -0.39 is 0 Å². The van der Waals surface area contributed by atoms with Gasteiger partial charge in [-0.2, -0.15) is 0 Å². The summed E-state index contributed by atoms with van der Waals surface area (Å²) in [5, 5.41) is 6.73. The van der Waals surface area contributed by atoms with Gasteiger partial charge in [0.25, 0.3) is 0 Å². The molecule has 0 radical (unpaired) electrons. The molecule has 0 aromatic carbocycles. The van der Waals surface area contributed by atoms with E-state index >= 15 is 0 Å². The Morgan fingerprint density at radius 3 is 1.53 bits per heavy atom. The Morgan fingerprint density at radius 2 is 1.12 bits per heavy atom. The topological polar surface area (TPSA) is 67.4 Å². The first kappa shape index (κ1) is 41.6. The lowest BCUT2D eigenvalue weighted by Crippen LogP contribution is -2.24. The molecule has 9 heteroatoms. The van der Waals surface area contributed by atoms with E-state index in [1.165, 1.54) is 0 Å². The van der Waals surface area contributed by atoms with E-state index in [9.17, 15) is 9.59 Å². The molecule has 208 valence electrons. The van der Waals surface area contributed by atoms with E-state index in [4.69, 9.17) is 4.74 Å². The third-order valence-corrected chi connectivity index (χ3v) is 8.68. The van der Waals surface area contributed by atoms with Gasteiger partial charge in [-0.1, -0.05) is 113 Å². The molecule has 0 aliphatic carbocycles. The number of hydrogen-bond donors (Lipinski definition) is 2. The van der Waals surface area contributed by atoms with Gasteiger partial charge in [-0.25, -0.2) is 0 Å². The van der Waals surface area contributed by atoms with Crippen molar-refractivity contribution in [1.29, 1.82) is 0 Å². The highest BCUT2D eigenvalue weighted by atomic mass is 33.1. The van der Waals surface area contributed by atoms with Crippen LogP contribution in [0.1, 0.15) is 83.1 Å². The van der Waals surface area contributed by atoms with Crippen LogP contribution in [-0.2, 0) is 14.3 Å². The number of carbonyl (C=O) groups excluding carboxylic acids is 2. The van der Waals surface area contributed by atoms with Gasteiger partial charge in [0.1, 0.15) is 12.4 Å². The van der Waals surface area contributed by atoms with E-state index in [0.29, 0.717) is 24.5 Å². The first-order valence-corrected chi connectivity index (χ1v) is 16.7. The van der Waals surface area contributed by atoms with Crippen LogP contribution < -0.4 is 10.6 Å². The van der Waals surface area contributed by atoms with Crippen LogP contribution in [0.4, 0.5) is 0 Å². The monoisotopic (exact) mass is 560 g/mol. The second kappa shape index (κ2) is 29.7. The lowest BCUT2D eigenvalue weighted by Gasteiger charge is -2.08. The van der Waals surface area contributed by atoms with Crippen LogP contribution in [0.25, 0.3) is 0 Å². The lowest BCUT2D eigenvalue weighted by atomic mass is 10.1. The average molecular weight is 561 g/mol. The van der Waals surface area contributed by atoms with Crippen molar-refractivity contribution in [3.63, 3.8) is 0 Å². The zero-order valence-corrected chi connectivity index (χ0v) is 24.8. The van der Waals surface area contributed by atoms with E-state index in [2.05, 4.69) is 38.3 Å². The standard InChI is InChI=1S/C12H25NOS2.C11H23NO2S2.2CH4/c1-10(2)12(14)6-5-8-15-16-9-7-13-11(3)4;1-9(2)11(13)14-6-8-16-15-7-5-12-10(3)4;;/h10-11,13H,5-9H2,1-4H3;9-10,12H,5-8H2,1-4H3;2*1H4. The minimum Gasteiger partial charge on any atom is -0.465 e. The van der Waals surface area contributed by atoms with Crippen LogP contribution in [0.15, 0.2) is 0 Å². The summed E-state index contributed by atoms with van der Waals surface area (Å²) in [6.07, 6.45) is 1.77. The number of hydrogen-bond acceptors (Lipinski definition) is 9. The number of carbonyl (C=O) groups is 2. The van der Waals surface area contributed by atoms with Gasteiger partial charge in [0.15, 0.2) is 0 Å². The fourth-order valence-electron chi connectivity index (χ4n) is 1.95. The number of nitrogens with one attached hydrogen (secondary N) is 2. The number of Topliss-reactive ketones (excluding diaryl/α,β-unsaturated/α-hetero) is 1. The van der Waals surface area contributed by atoms with Crippen molar-refractivity contribution in [3.8, 4) is 0 Å². The molecule has 0 fully saturated rings. The summed E-state index contributed by atoms with van der Waals surface area (Å²) in [7, 11) is 7.36. The van der Waals surface area contributed by atoms with E-state index in [1.54, 1.807) is 10.8 Å². The molecule has 0 saturated carbocycles. The second-order valence-corrected chi connectivity index (χ2v) is 14.0. The minimum absolute atomic E-state index is 0. The first-order valence-electron chi connectivity index (χ1n) is 11.7. The van der Waals surface area contributed by atoms with E-state index in [1.807, 2.05) is 60.1 Å². The molecule has 0 rings (SSSR count). The third kappa shape index (κ3) is 34.6. The van der Waals surface area contributed by atoms with Crippen molar-refractivity contribution in [2.75, 3.05) is 42.7 Å². The molecule has 0 bridgehead atoms. The first-order chi connectivity index (χ1) is 15.1. The van der Waals surface area contributed by atoms with Crippen LogP contribution in [-0.4, -0.2) is 66.5 Å². The molecular formula is C25H56N2O3S4. The molecule has 0 aliphatic heterocycles. The van der Waals surface area contributed by atoms with Crippen molar-refractivity contribution in [2.24, 2.45) is 11.8 Å². The summed E-state index contributed by atoms with van der Waals surface area (Å²) >= 11 is 0. The molecule has 0 aromatic heterocycles. The van der Waals surface area contributed by atoms with Gasteiger partial charge >= 0.3 is 5.97 Å². The van der Waals surface area contributed by atoms with Gasteiger partial charge < -0.3 is 15.4 Å². The molecule has 0 aliphatic rings. The predicted octanol–water partition coefficient (Wildman–Crippen LogP) is 7.21. The van der Waals surface area contributed by atoms with Crippen molar-refractivity contribution in [3.05, 3.63) is 0 Å². The molecule has 34 heavy (non-hydrogen) atoms. The molecule has 2 N–H and O–H groups in total. The predicted molar refractivity (Wildman–Crippen MR) is 164 cm³/mol. The van der Waals surface area contributed by atoms with E-state index in [0.717, 1.165) is 48.9 Å². The summed E-state index contributed by atoms with van der Waals surface area (Å²) in [4.78, 5) is 22.4. The highest BCUT2D eigenvalue weighted by Gasteiger charge is 2.07. The van der Waals surface area contributed by atoms with Crippen molar-refractivity contribution in [1.82, 2.24) is 10.6 Å². The van der Waals surface area contributed by atoms with Crippen LogP contribution in [0, 0.1) is 11.8 Å².